The zero-order chi connectivity index (χ0) is 14.0. The number of anilines is 1. The Kier molecular flexibility index (Phi) is 4.27. The van der Waals surface area contributed by atoms with Gasteiger partial charge in [-0.25, -0.2) is 0 Å². The van der Waals surface area contributed by atoms with Gasteiger partial charge in [-0.2, -0.15) is 0 Å². The minimum absolute atomic E-state index is 0.160. The van der Waals surface area contributed by atoms with Crippen LogP contribution >= 0.6 is 27.5 Å². The van der Waals surface area contributed by atoms with E-state index in [1.165, 1.54) is 5.56 Å². The molecule has 0 radical (unpaired) electrons. The lowest BCUT2D eigenvalue weighted by atomic mass is 10.1. The number of carbonyl (C=O) groups excluding carboxylic acids is 1. The van der Waals surface area contributed by atoms with Crippen LogP contribution in [0.25, 0.3) is 0 Å². The van der Waals surface area contributed by atoms with E-state index in [0.29, 0.717) is 15.1 Å². The predicted molar refractivity (Wildman–Crippen MR) is 83.0 cm³/mol. The summed E-state index contributed by atoms with van der Waals surface area (Å²) >= 11 is 9.20. The maximum atomic E-state index is 12.2. The van der Waals surface area contributed by atoms with E-state index < -0.39 is 0 Å². The van der Waals surface area contributed by atoms with Gasteiger partial charge in [0.25, 0.3) is 5.91 Å². The molecule has 0 heterocycles. The Hall–Kier alpha value is -1.32. The van der Waals surface area contributed by atoms with E-state index in [1.54, 1.807) is 18.2 Å². The van der Waals surface area contributed by atoms with E-state index in [4.69, 9.17) is 11.6 Å². The highest BCUT2D eigenvalue weighted by molar-refractivity contribution is 9.10. The lowest BCUT2D eigenvalue weighted by molar-refractivity contribution is 0.102. The van der Waals surface area contributed by atoms with Gasteiger partial charge in [0, 0.05) is 15.2 Å². The summed E-state index contributed by atoms with van der Waals surface area (Å²) in [5.74, 6) is -0.160. The molecule has 2 rings (SSSR count). The molecular weight excluding hydrogens is 326 g/mol. The molecule has 98 valence electrons. The highest BCUT2D eigenvalue weighted by Gasteiger charge is 2.10. The van der Waals surface area contributed by atoms with Crippen molar-refractivity contribution in [3.8, 4) is 0 Å². The SMILES string of the molecule is Cc1ccc(NC(=O)c2ccc(Cl)cc2Br)cc1C. The Morgan fingerprint density at radius 3 is 2.47 bits per heavy atom. The monoisotopic (exact) mass is 337 g/mol. The molecule has 2 aromatic rings. The fraction of sp³-hybridized carbons (Fsp3) is 0.133. The van der Waals surface area contributed by atoms with E-state index in [0.717, 1.165) is 11.3 Å². The van der Waals surface area contributed by atoms with Crippen LogP contribution in [0.2, 0.25) is 5.02 Å². The number of rotatable bonds is 2. The lowest BCUT2D eigenvalue weighted by Gasteiger charge is -2.09. The van der Waals surface area contributed by atoms with Crippen LogP contribution in [0.5, 0.6) is 0 Å². The molecule has 2 aromatic carbocycles. The first-order valence-corrected chi connectivity index (χ1v) is 6.98. The molecule has 0 bridgehead atoms. The first kappa shape index (κ1) is 14.1. The van der Waals surface area contributed by atoms with E-state index in [-0.39, 0.29) is 5.91 Å². The highest BCUT2D eigenvalue weighted by atomic mass is 79.9. The van der Waals surface area contributed by atoms with Crippen LogP contribution in [-0.4, -0.2) is 5.91 Å². The highest BCUT2D eigenvalue weighted by Crippen LogP contribution is 2.23. The summed E-state index contributed by atoms with van der Waals surface area (Å²) in [6.45, 7) is 4.06. The molecule has 1 amide bonds. The Labute approximate surface area is 125 Å². The van der Waals surface area contributed by atoms with Crippen LogP contribution in [0, 0.1) is 13.8 Å². The van der Waals surface area contributed by atoms with Crippen molar-refractivity contribution in [1.29, 1.82) is 0 Å². The molecule has 1 N–H and O–H groups in total. The largest absolute Gasteiger partial charge is 0.322 e. The van der Waals surface area contributed by atoms with Crippen molar-refractivity contribution in [2.45, 2.75) is 13.8 Å². The Morgan fingerprint density at radius 2 is 1.84 bits per heavy atom. The van der Waals surface area contributed by atoms with E-state index in [9.17, 15) is 4.79 Å². The molecular formula is C15H13BrClNO. The number of hydrogen-bond acceptors (Lipinski definition) is 1. The molecule has 0 saturated carbocycles. The van der Waals surface area contributed by atoms with Gasteiger partial charge >= 0.3 is 0 Å². The second-order valence-electron chi connectivity index (χ2n) is 4.38. The molecule has 4 heteroatoms. The fourth-order valence-electron chi connectivity index (χ4n) is 1.69. The zero-order valence-electron chi connectivity index (χ0n) is 10.6. The smallest absolute Gasteiger partial charge is 0.256 e. The molecule has 0 saturated heterocycles. The number of benzene rings is 2. The maximum Gasteiger partial charge on any atom is 0.256 e. The molecule has 0 unspecified atom stereocenters. The van der Waals surface area contributed by atoms with E-state index in [2.05, 4.69) is 21.2 Å². The standard InChI is InChI=1S/C15H13BrClNO/c1-9-3-5-12(7-10(9)2)18-15(19)13-6-4-11(17)8-14(13)16/h3-8H,1-2H3,(H,18,19). The first-order valence-electron chi connectivity index (χ1n) is 5.81. The van der Waals surface area contributed by atoms with Gasteiger partial charge < -0.3 is 5.32 Å². The Morgan fingerprint density at radius 1 is 1.11 bits per heavy atom. The van der Waals surface area contributed by atoms with Gasteiger partial charge in [0.05, 0.1) is 5.56 Å². The van der Waals surface area contributed by atoms with Crippen molar-refractivity contribution >= 4 is 39.1 Å². The zero-order valence-corrected chi connectivity index (χ0v) is 13.0. The van der Waals surface area contributed by atoms with Crippen LogP contribution in [0.4, 0.5) is 5.69 Å². The average Bonchev–Trinajstić information content (AvgIpc) is 2.33. The van der Waals surface area contributed by atoms with Gasteiger partial charge in [-0.3, -0.25) is 4.79 Å². The number of amides is 1. The van der Waals surface area contributed by atoms with Crippen molar-refractivity contribution in [3.63, 3.8) is 0 Å². The molecule has 0 aliphatic carbocycles. The number of hydrogen-bond donors (Lipinski definition) is 1. The van der Waals surface area contributed by atoms with Crippen molar-refractivity contribution < 1.29 is 4.79 Å². The minimum atomic E-state index is -0.160. The summed E-state index contributed by atoms with van der Waals surface area (Å²) in [5.41, 5.74) is 3.69. The van der Waals surface area contributed by atoms with Crippen LogP contribution < -0.4 is 5.32 Å². The van der Waals surface area contributed by atoms with Gasteiger partial charge in [0.2, 0.25) is 0 Å². The molecule has 0 aromatic heterocycles. The minimum Gasteiger partial charge on any atom is -0.322 e. The normalized spacial score (nSPS) is 10.3. The number of halogens is 2. The summed E-state index contributed by atoms with van der Waals surface area (Å²) in [4.78, 5) is 12.2. The number of aryl methyl sites for hydroxylation is 2. The van der Waals surface area contributed by atoms with Gasteiger partial charge in [-0.15, -0.1) is 0 Å². The summed E-state index contributed by atoms with van der Waals surface area (Å²) in [6.07, 6.45) is 0. The number of nitrogens with one attached hydrogen (secondary N) is 1. The molecule has 0 atom stereocenters. The van der Waals surface area contributed by atoms with Gasteiger partial charge in [0.15, 0.2) is 0 Å². The topological polar surface area (TPSA) is 29.1 Å². The molecule has 0 fully saturated rings. The van der Waals surface area contributed by atoms with Crippen LogP contribution in [-0.2, 0) is 0 Å². The molecule has 2 nitrogen and oxygen atoms in total. The van der Waals surface area contributed by atoms with E-state index in [1.807, 2.05) is 32.0 Å². The van der Waals surface area contributed by atoms with Crippen LogP contribution in [0.15, 0.2) is 40.9 Å². The van der Waals surface area contributed by atoms with Crippen molar-refractivity contribution in [3.05, 3.63) is 62.6 Å². The van der Waals surface area contributed by atoms with Gasteiger partial charge in [-0.1, -0.05) is 17.7 Å². The summed E-state index contributed by atoms with van der Waals surface area (Å²) in [7, 11) is 0. The number of carbonyl (C=O) groups is 1. The van der Waals surface area contributed by atoms with Crippen molar-refractivity contribution in [2.24, 2.45) is 0 Å². The molecule has 19 heavy (non-hydrogen) atoms. The summed E-state index contributed by atoms with van der Waals surface area (Å²) < 4.78 is 0.682. The fourth-order valence-corrected chi connectivity index (χ4v) is 2.55. The maximum absolute atomic E-state index is 12.2. The second-order valence-corrected chi connectivity index (χ2v) is 5.67. The molecule has 0 aliphatic heterocycles. The van der Waals surface area contributed by atoms with Crippen LogP contribution in [0.3, 0.4) is 0 Å². The Bertz CT molecular complexity index is 640. The second kappa shape index (κ2) is 5.76. The van der Waals surface area contributed by atoms with E-state index >= 15 is 0 Å². The molecule has 0 spiro atoms. The third-order valence-corrected chi connectivity index (χ3v) is 3.83. The van der Waals surface area contributed by atoms with Crippen molar-refractivity contribution in [1.82, 2.24) is 0 Å². The quantitative estimate of drug-likeness (QED) is 0.823. The predicted octanol–water partition coefficient (Wildman–Crippen LogP) is 4.97. The average molecular weight is 339 g/mol. The summed E-state index contributed by atoms with van der Waals surface area (Å²) in [5, 5.41) is 3.47. The molecule has 0 aliphatic rings. The van der Waals surface area contributed by atoms with Gasteiger partial charge in [0.1, 0.15) is 0 Å². The van der Waals surface area contributed by atoms with Gasteiger partial charge in [-0.05, 0) is 71.2 Å². The summed E-state index contributed by atoms with van der Waals surface area (Å²) in [6, 6.07) is 10.9. The van der Waals surface area contributed by atoms with Crippen LogP contribution in [0.1, 0.15) is 21.5 Å². The van der Waals surface area contributed by atoms with Crippen molar-refractivity contribution in [2.75, 3.05) is 5.32 Å². The third kappa shape index (κ3) is 3.37. The first-order chi connectivity index (χ1) is 8.97. The third-order valence-electron chi connectivity index (χ3n) is 2.94. The Balaban J connectivity index is 2.23. The lowest BCUT2D eigenvalue weighted by Crippen LogP contribution is -2.12.